The molecule has 2 aliphatic carbocycles. The van der Waals surface area contributed by atoms with Gasteiger partial charge in [0.1, 0.15) is 0 Å². The quantitative estimate of drug-likeness (QED) is 0.724. The van der Waals surface area contributed by atoms with E-state index in [0.29, 0.717) is 19.8 Å². The van der Waals surface area contributed by atoms with Gasteiger partial charge in [-0.05, 0) is 56.4 Å². The Kier molecular flexibility index (Phi) is 5.18. The lowest BCUT2D eigenvalue weighted by atomic mass is 9.96. The third kappa shape index (κ3) is 3.81. The van der Waals surface area contributed by atoms with Crippen molar-refractivity contribution in [3.8, 4) is 0 Å². The Balaban J connectivity index is 1.55. The van der Waals surface area contributed by atoms with Crippen LogP contribution in [0.4, 0.5) is 16.2 Å². The number of fused-ring (bicyclic) bond motifs is 1. The van der Waals surface area contributed by atoms with Gasteiger partial charge in [0.15, 0.2) is 6.10 Å². The molecule has 2 aliphatic heterocycles. The first kappa shape index (κ1) is 20.1. The predicted molar refractivity (Wildman–Crippen MR) is 120 cm³/mol. The molecule has 6 heteroatoms. The molecule has 4 aliphatic rings. The smallest absolute Gasteiger partial charge is 0.414 e. The number of amides is 2. The van der Waals surface area contributed by atoms with E-state index in [9.17, 15) is 9.59 Å². The molecule has 0 radical (unpaired) electrons. The van der Waals surface area contributed by atoms with Crippen LogP contribution in [0.2, 0.25) is 0 Å². The summed E-state index contributed by atoms with van der Waals surface area (Å²) in [4.78, 5) is 29.7. The first-order valence-corrected chi connectivity index (χ1v) is 11.1. The number of nitrogens with zero attached hydrogens (tertiary/aromatic N) is 2. The zero-order chi connectivity index (χ0) is 21.5. The molecule has 2 amide bonds. The van der Waals surface area contributed by atoms with E-state index in [1.54, 1.807) is 4.90 Å². The van der Waals surface area contributed by atoms with Crippen molar-refractivity contribution in [3.05, 3.63) is 53.6 Å². The molecule has 31 heavy (non-hydrogen) atoms. The van der Waals surface area contributed by atoms with Crippen molar-refractivity contribution in [2.45, 2.75) is 45.3 Å². The summed E-state index contributed by atoms with van der Waals surface area (Å²) in [5.41, 5.74) is 4.97. The van der Waals surface area contributed by atoms with Crippen molar-refractivity contribution < 1.29 is 19.1 Å². The Hall–Kier alpha value is -2.86. The van der Waals surface area contributed by atoms with Crippen LogP contribution in [0, 0.1) is 5.92 Å². The number of ether oxygens (including phenoxy) is 2. The lowest BCUT2D eigenvalue weighted by Gasteiger charge is -2.41. The molecule has 0 spiro atoms. The van der Waals surface area contributed by atoms with E-state index < -0.39 is 0 Å². The van der Waals surface area contributed by atoms with Crippen LogP contribution < -0.4 is 9.80 Å². The van der Waals surface area contributed by atoms with E-state index in [0.717, 1.165) is 41.8 Å². The molecule has 1 atom stereocenters. The van der Waals surface area contributed by atoms with Gasteiger partial charge in [-0.15, -0.1) is 0 Å². The zero-order valence-corrected chi connectivity index (χ0v) is 18.0. The summed E-state index contributed by atoms with van der Waals surface area (Å²) in [5, 5.41) is 0. The number of rotatable bonds is 3. The number of hydrogen-bond donors (Lipinski definition) is 0. The van der Waals surface area contributed by atoms with Crippen LogP contribution >= 0.6 is 0 Å². The Bertz CT molecular complexity index is 1000. The number of carbonyl (C=O) groups excluding carboxylic acids is 2. The van der Waals surface area contributed by atoms with Gasteiger partial charge in [-0.1, -0.05) is 35.9 Å². The summed E-state index contributed by atoms with van der Waals surface area (Å²) in [6, 6.07) is 5.96. The van der Waals surface area contributed by atoms with Gasteiger partial charge in [-0.25, -0.2) is 4.79 Å². The molecule has 1 aromatic rings. The minimum absolute atomic E-state index is 0.112. The van der Waals surface area contributed by atoms with Crippen LogP contribution in [0.25, 0.3) is 5.57 Å². The average molecular weight is 421 g/mol. The summed E-state index contributed by atoms with van der Waals surface area (Å²) >= 11 is 0. The van der Waals surface area contributed by atoms with Gasteiger partial charge in [-0.3, -0.25) is 9.69 Å². The first-order valence-electron chi connectivity index (χ1n) is 11.1. The molecule has 5 rings (SSSR count). The SMILES string of the molecule is CC1=C(c2ccc3c(c2)N(C(=O)OC2COC2)CC(C)N3C(=O)C2CC2)C=CC=CC1. The largest absolute Gasteiger partial charge is 0.441 e. The fourth-order valence-corrected chi connectivity index (χ4v) is 4.39. The Labute approximate surface area is 182 Å². The molecule has 1 saturated carbocycles. The highest BCUT2D eigenvalue weighted by atomic mass is 16.6. The summed E-state index contributed by atoms with van der Waals surface area (Å²) in [5.74, 6) is 0.275. The number of carbonyl (C=O) groups is 2. The van der Waals surface area contributed by atoms with Crippen LogP contribution in [0.3, 0.4) is 0 Å². The van der Waals surface area contributed by atoms with Crippen molar-refractivity contribution in [2.24, 2.45) is 5.92 Å². The second-order valence-corrected chi connectivity index (χ2v) is 8.87. The van der Waals surface area contributed by atoms with Crippen LogP contribution in [0.5, 0.6) is 0 Å². The summed E-state index contributed by atoms with van der Waals surface area (Å²) in [7, 11) is 0. The Morgan fingerprint density at radius 1 is 1.13 bits per heavy atom. The third-order valence-electron chi connectivity index (χ3n) is 6.38. The maximum atomic E-state index is 13.1. The van der Waals surface area contributed by atoms with Crippen molar-refractivity contribution in [1.82, 2.24) is 0 Å². The number of benzene rings is 1. The fourth-order valence-electron chi connectivity index (χ4n) is 4.39. The standard InChI is InChI=1S/C25H28N2O4/c1-16-6-4-3-5-7-21(16)19-10-11-22-23(12-19)26(25(29)31-20-14-30-15-20)13-17(2)27(22)24(28)18-8-9-18/h3-5,7,10-12,17-18,20H,6,8-9,13-15H2,1-2H3. The fraction of sp³-hybridized carbons (Fsp3) is 0.440. The second-order valence-electron chi connectivity index (χ2n) is 8.87. The Morgan fingerprint density at radius 2 is 1.94 bits per heavy atom. The molecular weight excluding hydrogens is 392 g/mol. The molecule has 1 aromatic carbocycles. The molecule has 0 bridgehead atoms. The minimum Gasteiger partial charge on any atom is -0.441 e. The first-order chi connectivity index (χ1) is 15.0. The van der Waals surface area contributed by atoms with Crippen LogP contribution in [0.1, 0.15) is 38.7 Å². The lowest BCUT2D eigenvalue weighted by Crippen LogP contribution is -2.53. The Morgan fingerprint density at radius 3 is 2.65 bits per heavy atom. The number of hydrogen-bond acceptors (Lipinski definition) is 4. The van der Waals surface area contributed by atoms with Gasteiger partial charge in [-0.2, -0.15) is 0 Å². The molecule has 6 nitrogen and oxygen atoms in total. The van der Waals surface area contributed by atoms with Crippen molar-refractivity contribution >= 4 is 28.9 Å². The van der Waals surface area contributed by atoms with Crippen LogP contribution in [0.15, 0.2) is 48.1 Å². The van der Waals surface area contributed by atoms with Crippen molar-refractivity contribution in [1.29, 1.82) is 0 Å². The zero-order valence-electron chi connectivity index (χ0n) is 18.0. The highest BCUT2D eigenvalue weighted by molar-refractivity contribution is 6.05. The van der Waals surface area contributed by atoms with Crippen LogP contribution in [-0.2, 0) is 14.3 Å². The van der Waals surface area contributed by atoms with E-state index in [1.807, 2.05) is 30.0 Å². The molecule has 0 aromatic heterocycles. The van der Waals surface area contributed by atoms with Crippen LogP contribution in [-0.4, -0.2) is 43.9 Å². The van der Waals surface area contributed by atoms with E-state index in [-0.39, 0.29) is 30.1 Å². The number of anilines is 2. The maximum Gasteiger partial charge on any atom is 0.414 e. The maximum absolute atomic E-state index is 13.1. The molecular formula is C25H28N2O4. The van der Waals surface area contributed by atoms with E-state index in [1.165, 1.54) is 5.57 Å². The topological polar surface area (TPSA) is 59.1 Å². The molecule has 2 fully saturated rings. The monoisotopic (exact) mass is 420 g/mol. The van der Waals surface area contributed by atoms with E-state index in [2.05, 4.69) is 31.2 Å². The molecule has 1 saturated heterocycles. The minimum atomic E-state index is -0.374. The van der Waals surface area contributed by atoms with Gasteiger partial charge < -0.3 is 14.4 Å². The molecule has 2 heterocycles. The summed E-state index contributed by atoms with van der Waals surface area (Å²) in [6.07, 6.45) is 10.6. The molecule has 1 unspecified atom stereocenters. The highest BCUT2D eigenvalue weighted by Crippen LogP contribution is 2.42. The summed E-state index contributed by atoms with van der Waals surface area (Å²) < 4.78 is 10.8. The van der Waals surface area contributed by atoms with E-state index in [4.69, 9.17) is 9.47 Å². The predicted octanol–water partition coefficient (Wildman–Crippen LogP) is 4.46. The normalized spacial score (nSPS) is 23.4. The van der Waals surface area contributed by atoms with Gasteiger partial charge in [0, 0.05) is 12.5 Å². The summed E-state index contributed by atoms with van der Waals surface area (Å²) in [6.45, 7) is 5.42. The number of allylic oxidation sites excluding steroid dienone is 6. The molecule has 162 valence electrons. The highest BCUT2D eigenvalue weighted by Gasteiger charge is 2.42. The average Bonchev–Trinajstić information content (AvgIpc) is 3.57. The van der Waals surface area contributed by atoms with Gasteiger partial charge in [0.05, 0.1) is 30.6 Å². The third-order valence-corrected chi connectivity index (χ3v) is 6.38. The van der Waals surface area contributed by atoms with Gasteiger partial charge in [0.25, 0.3) is 0 Å². The second kappa shape index (κ2) is 8.00. The van der Waals surface area contributed by atoms with E-state index >= 15 is 0 Å². The lowest BCUT2D eigenvalue weighted by molar-refractivity contribution is -0.120. The van der Waals surface area contributed by atoms with Gasteiger partial charge in [0.2, 0.25) is 5.91 Å². The van der Waals surface area contributed by atoms with Crippen molar-refractivity contribution in [2.75, 3.05) is 29.6 Å². The van der Waals surface area contributed by atoms with Crippen molar-refractivity contribution in [3.63, 3.8) is 0 Å². The van der Waals surface area contributed by atoms with Gasteiger partial charge >= 0.3 is 6.09 Å². The molecule has 0 N–H and O–H groups in total.